The van der Waals surface area contributed by atoms with E-state index in [1.165, 1.54) is 51.4 Å². The lowest BCUT2D eigenvalue weighted by atomic mass is 9.98. The van der Waals surface area contributed by atoms with Crippen LogP contribution in [-0.4, -0.2) is 37.1 Å². The summed E-state index contributed by atoms with van der Waals surface area (Å²) in [6.45, 7) is 7.89. The van der Waals surface area contributed by atoms with E-state index in [-0.39, 0.29) is 11.9 Å². The lowest BCUT2D eigenvalue weighted by molar-refractivity contribution is -0.149. The van der Waals surface area contributed by atoms with Crippen LogP contribution in [0, 0.1) is 5.92 Å². The Kier molecular flexibility index (Phi) is 10.6. The van der Waals surface area contributed by atoms with E-state index in [4.69, 9.17) is 4.74 Å². The first kappa shape index (κ1) is 18.5. The molecule has 0 aromatic heterocycles. The van der Waals surface area contributed by atoms with E-state index in [0.717, 1.165) is 32.5 Å². The van der Waals surface area contributed by atoms with E-state index in [2.05, 4.69) is 11.8 Å². The van der Waals surface area contributed by atoms with Gasteiger partial charge in [0.05, 0.1) is 12.5 Å². The maximum Gasteiger partial charge on any atom is 0.310 e. The number of hydrogen-bond acceptors (Lipinski definition) is 3. The van der Waals surface area contributed by atoms with E-state index in [9.17, 15) is 4.79 Å². The van der Waals surface area contributed by atoms with Crippen molar-refractivity contribution in [3.63, 3.8) is 0 Å². The van der Waals surface area contributed by atoms with Gasteiger partial charge < -0.3 is 9.64 Å². The molecular formula is C18H35NO2. The number of rotatable bonds is 11. The smallest absolute Gasteiger partial charge is 0.310 e. The Hall–Kier alpha value is -0.570. The number of unbranched alkanes of at least 4 members (excludes halogenated alkanes) is 7. The predicted molar refractivity (Wildman–Crippen MR) is 88.4 cm³/mol. The van der Waals surface area contributed by atoms with Crippen molar-refractivity contribution in [2.45, 2.75) is 78.1 Å². The average molecular weight is 297 g/mol. The molecule has 0 bridgehead atoms. The third-order valence-electron chi connectivity index (χ3n) is 4.45. The minimum atomic E-state index is 0.0122. The highest BCUT2D eigenvalue weighted by molar-refractivity contribution is 5.72. The number of piperidine rings is 1. The van der Waals surface area contributed by atoms with Crippen LogP contribution < -0.4 is 0 Å². The number of carbonyl (C=O) groups excluding carboxylic acids is 1. The second-order valence-corrected chi connectivity index (χ2v) is 6.37. The highest BCUT2D eigenvalue weighted by atomic mass is 16.5. The molecule has 0 aromatic rings. The fourth-order valence-corrected chi connectivity index (χ4v) is 3.18. The highest BCUT2D eigenvalue weighted by Crippen LogP contribution is 2.18. The average Bonchev–Trinajstić information content (AvgIpc) is 2.50. The van der Waals surface area contributed by atoms with Crippen molar-refractivity contribution in [2.24, 2.45) is 5.92 Å². The van der Waals surface area contributed by atoms with Crippen molar-refractivity contribution in [3.05, 3.63) is 0 Å². The van der Waals surface area contributed by atoms with Crippen LogP contribution in [0.3, 0.4) is 0 Å². The Morgan fingerprint density at radius 3 is 2.38 bits per heavy atom. The molecule has 1 rings (SSSR count). The molecule has 1 aliphatic rings. The summed E-state index contributed by atoms with van der Waals surface area (Å²) >= 11 is 0. The molecule has 0 amide bonds. The summed E-state index contributed by atoms with van der Waals surface area (Å²) in [6, 6.07) is 0. The molecule has 0 unspecified atom stereocenters. The maximum atomic E-state index is 11.8. The summed E-state index contributed by atoms with van der Waals surface area (Å²) in [7, 11) is 0. The van der Waals surface area contributed by atoms with Gasteiger partial charge in [-0.15, -0.1) is 0 Å². The van der Waals surface area contributed by atoms with Gasteiger partial charge in [-0.05, 0) is 39.3 Å². The van der Waals surface area contributed by atoms with Crippen molar-refractivity contribution in [1.82, 2.24) is 4.90 Å². The van der Waals surface area contributed by atoms with Crippen molar-refractivity contribution in [1.29, 1.82) is 0 Å². The molecule has 0 spiro atoms. The minimum Gasteiger partial charge on any atom is -0.466 e. The molecule has 0 aliphatic carbocycles. The van der Waals surface area contributed by atoms with E-state index < -0.39 is 0 Å². The molecule has 1 saturated heterocycles. The third kappa shape index (κ3) is 8.45. The fraction of sp³-hybridized carbons (Fsp3) is 0.944. The van der Waals surface area contributed by atoms with Crippen LogP contribution in [0.4, 0.5) is 0 Å². The second kappa shape index (κ2) is 12.0. The molecule has 124 valence electrons. The summed E-state index contributed by atoms with van der Waals surface area (Å²) in [5, 5.41) is 0. The third-order valence-corrected chi connectivity index (χ3v) is 4.45. The Morgan fingerprint density at radius 1 is 1.05 bits per heavy atom. The van der Waals surface area contributed by atoms with E-state index in [1.54, 1.807) is 0 Å². The topological polar surface area (TPSA) is 29.5 Å². The molecule has 3 nitrogen and oxygen atoms in total. The van der Waals surface area contributed by atoms with E-state index in [1.807, 2.05) is 6.92 Å². The summed E-state index contributed by atoms with van der Waals surface area (Å²) in [4.78, 5) is 14.3. The zero-order chi connectivity index (χ0) is 15.3. The van der Waals surface area contributed by atoms with Gasteiger partial charge in [0.1, 0.15) is 0 Å². The van der Waals surface area contributed by atoms with Crippen LogP contribution in [0.1, 0.15) is 78.1 Å². The molecule has 0 aromatic carbocycles. The van der Waals surface area contributed by atoms with Crippen molar-refractivity contribution in [2.75, 3.05) is 26.2 Å². The van der Waals surface area contributed by atoms with Gasteiger partial charge in [-0.25, -0.2) is 0 Å². The largest absolute Gasteiger partial charge is 0.466 e. The molecular weight excluding hydrogens is 262 g/mol. The molecule has 1 heterocycles. The highest BCUT2D eigenvalue weighted by Gasteiger charge is 2.26. The lowest BCUT2D eigenvalue weighted by Gasteiger charge is -2.31. The van der Waals surface area contributed by atoms with Crippen LogP contribution in [0.2, 0.25) is 0 Å². The normalized spacial score (nSPS) is 19.6. The first-order chi connectivity index (χ1) is 10.3. The van der Waals surface area contributed by atoms with Gasteiger partial charge >= 0.3 is 5.97 Å². The van der Waals surface area contributed by atoms with Gasteiger partial charge in [-0.1, -0.05) is 51.9 Å². The molecule has 1 fully saturated rings. The Bertz CT molecular complexity index is 268. The number of carbonyl (C=O) groups is 1. The number of hydrogen-bond donors (Lipinski definition) is 0. The Labute approximate surface area is 131 Å². The molecule has 0 N–H and O–H groups in total. The zero-order valence-corrected chi connectivity index (χ0v) is 14.2. The van der Waals surface area contributed by atoms with Crippen molar-refractivity contribution in [3.8, 4) is 0 Å². The van der Waals surface area contributed by atoms with E-state index in [0.29, 0.717) is 6.61 Å². The number of ether oxygens (including phenoxy) is 1. The van der Waals surface area contributed by atoms with Gasteiger partial charge in [-0.2, -0.15) is 0 Å². The standard InChI is InChI=1S/C18H35NO2/c1-3-5-6-7-8-9-10-11-14-19-15-12-13-17(16-19)18(20)21-4-2/h17H,3-16H2,1-2H3/t17-/m0/s1. The second-order valence-electron chi connectivity index (χ2n) is 6.37. The minimum absolute atomic E-state index is 0.0122. The predicted octanol–water partition coefficient (Wildman–Crippen LogP) is 4.40. The Balaban J connectivity index is 2.03. The summed E-state index contributed by atoms with van der Waals surface area (Å²) in [5.74, 6) is 0.130. The van der Waals surface area contributed by atoms with Gasteiger partial charge in [0.2, 0.25) is 0 Å². The van der Waals surface area contributed by atoms with Crippen molar-refractivity contribution < 1.29 is 9.53 Å². The summed E-state index contributed by atoms with van der Waals surface area (Å²) in [5.41, 5.74) is 0. The van der Waals surface area contributed by atoms with Crippen LogP contribution in [0.25, 0.3) is 0 Å². The zero-order valence-electron chi connectivity index (χ0n) is 14.2. The molecule has 21 heavy (non-hydrogen) atoms. The first-order valence-corrected chi connectivity index (χ1v) is 9.16. The van der Waals surface area contributed by atoms with Gasteiger partial charge in [-0.3, -0.25) is 4.79 Å². The quantitative estimate of drug-likeness (QED) is 0.418. The van der Waals surface area contributed by atoms with Crippen molar-refractivity contribution >= 4 is 5.97 Å². The molecule has 1 aliphatic heterocycles. The molecule has 3 heteroatoms. The monoisotopic (exact) mass is 297 g/mol. The van der Waals surface area contributed by atoms with E-state index >= 15 is 0 Å². The summed E-state index contributed by atoms with van der Waals surface area (Å²) < 4.78 is 5.15. The van der Waals surface area contributed by atoms with Crippen LogP contribution in [0.5, 0.6) is 0 Å². The van der Waals surface area contributed by atoms with Crippen LogP contribution >= 0.6 is 0 Å². The van der Waals surface area contributed by atoms with Gasteiger partial charge in [0, 0.05) is 6.54 Å². The molecule has 1 atom stereocenters. The number of nitrogens with zero attached hydrogens (tertiary/aromatic N) is 1. The van der Waals surface area contributed by atoms with Crippen LogP contribution in [0.15, 0.2) is 0 Å². The lowest BCUT2D eigenvalue weighted by Crippen LogP contribution is -2.39. The maximum absolute atomic E-state index is 11.8. The Morgan fingerprint density at radius 2 is 1.71 bits per heavy atom. The van der Waals surface area contributed by atoms with Crippen LogP contribution in [-0.2, 0) is 9.53 Å². The fourth-order valence-electron chi connectivity index (χ4n) is 3.18. The number of esters is 1. The summed E-state index contributed by atoms with van der Waals surface area (Å²) in [6.07, 6.45) is 13.1. The molecule has 0 saturated carbocycles. The van der Waals surface area contributed by atoms with Gasteiger partial charge in [0.15, 0.2) is 0 Å². The number of likely N-dealkylation sites (tertiary alicyclic amines) is 1. The SMILES string of the molecule is CCCCCCCCCCN1CCC[C@H](C(=O)OCC)C1. The molecule has 0 radical (unpaired) electrons. The first-order valence-electron chi connectivity index (χ1n) is 9.16. The van der Waals surface area contributed by atoms with Gasteiger partial charge in [0.25, 0.3) is 0 Å².